The summed E-state index contributed by atoms with van der Waals surface area (Å²) >= 11 is 0. The molecule has 0 unspecified atom stereocenters. The van der Waals surface area contributed by atoms with Crippen molar-refractivity contribution in [2.24, 2.45) is 0 Å². The van der Waals surface area contributed by atoms with Crippen LogP contribution in [0.4, 0.5) is 11.4 Å². The van der Waals surface area contributed by atoms with E-state index in [9.17, 15) is 4.57 Å². The first-order chi connectivity index (χ1) is 5.88. The van der Waals surface area contributed by atoms with E-state index in [1.54, 1.807) is 0 Å². The maximum atomic E-state index is 10.4. The summed E-state index contributed by atoms with van der Waals surface area (Å²) in [7, 11) is -4.52. The minimum absolute atomic E-state index is 0.0139. The van der Waals surface area contributed by atoms with Crippen LogP contribution in [0.1, 0.15) is 0 Å². The molecule has 0 aliphatic carbocycles. The van der Waals surface area contributed by atoms with Crippen molar-refractivity contribution in [3.05, 3.63) is 18.2 Å². The molecule has 0 saturated carbocycles. The Labute approximate surface area is 74.4 Å². The standard InChI is InChI=1S/C6H9N2O4P/c7-5-2-1-4(3-6(5)8)12-13(9,10)11/h1-3H,7-8H2,(H2,9,10,11). The number of hydrogen-bond donors (Lipinski definition) is 4. The third-order valence-electron chi connectivity index (χ3n) is 1.28. The lowest BCUT2D eigenvalue weighted by atomic mass is 10.3. The molecule has 7 heteroatoms. The lowest BCUT2D eigenvalue weighted by Crippen LogP contribution is -1.96. The van der Waals surface area contributed by atoms with Gasteiger partial charge >= 0.3 is 7.82 Å². The Morgan fingerprint density at radius 3 is 2.31 bits per heavy atom. The molecule has 0 aromatic heterocycles. The van der Waals surface area contributed by atoms with Crippen LogP contribution in [0.15, 0.2) is 18.2 Å². The van der Waals surface area contributed by atoms with Crippen molar-refractivity contribution in [2.45, 2.75) is 0 Å². The van der Waals surface area contributed by atoms with Crippen molar-refractivity contribution < 1.29 is 18.9 Å². The SMILES string of the molecule is Nc1ccc(OP(=O)(O)O)cc1N. The van der Waals surface area contributed by atoms with Crippen LogP contribution in [0.5, 0.6) is 5.75 Å². The van der Waals surface area contributed by atoms with E-state index in [1.807, 2.05) is 0 Å². The summed E-state index contributed by atoms with van der Waals surface area (Å²) in [6.07, 6.45) is 0. The van der Waals surface area contributed by atoms with Crippen molar-refractivity contribution >= 4 is 19.2 Å². The zero-order chi connectivity index (χ0) is 10.1. The van der Waals surface area contributed by atoms with E-state index in [0.29, 0.717) is 5.69 Å². The van der Waals surface area contributed by atoms with Gasteiger partial charge in [-0.15, -0.1) is 0 Å². The van der Waals surface area contributed by atoms with Gasteiger partial charge in [0.05, 0.1) is 11.4 Å². The largest absolute Gasteiger partial charge is 0.524 e. The molecular formula is C6H9N2O4P. The van der Waals surface area contributed by atoms with Gasteiger partial charge in [-0.1, -0.05) is 0 Å². The number of phosphoric acid groups is 1. The second-order valence-corrected chi connectivity index (χ2v) is 3.54. The van der Waals surface area contributed by atoms with E-state index in [2.05, 4.69) is 4.52 Å². The minimum atomic E-state index is -4.52. The molecule has 0 bridgehead atoms. The van der Waals surface area contributed by atoms with Gasteiger partial charge < -0.3 is 16.0 Å². The Morgan fingerprint density at radius 1 is 1.23 bits per heavy atom. The van der Waals surface area contributed by atoms with E-state index < -0.39 is 7.82 Å². The van der Waals surface area contributed by atoms with Crippen LogP contribution >= 0.6 is 7.82 Å². The van der Waals surface area contributed by atoms with Crippen molar-refractivity contribution in [2.75, 3.05) is 11.5 Å². The number of rotatable bonds is 2. The van der Waals surface area contributed by atoms with Crippen LogP contribution in [0, 0.1) is 0 Å². The lowest BCUT2D eigenvalue weighted by Gasteiger charge is -2.07. The average Bonchev–Trinajstić information content (AvgIpc) is 1.94. The number of phosphoric ester groups is 1. The molecule has 0 radical (unpaired) electrons. The summed E-state index contributed by atoms with van der Waals surface area (Å²) < 4.78 is 14.7. The van der Waals surface area contributed by atoms with Gasteiger partial charge in [-0.2, -0.15) is 0 Å². The van der Waals surface area contributed by atoms with Crippen LogP contribution in [-0.4, -0.2) is 9.79 Å². The highest BCUT2D eigenvalue weighted by Gasteiger charge is 2.15. The molecule has 0 spiro atoms. The van der Waals surface area contributed by atoms with E-state index in [-0.39, 0.29) is 11.4 Å². The van der Waals surface area contributed by atoms with Crippen molar-refractivity contribution in [3.8, 4) is 5.75 Å². The molecule has 72 valence electrons. The Balaban J connectivity index is 2.92. The number of nitrogen functional groups attached to an aromatic ring is 2. The first-order valence-corrected chi connectivity index (χ1v) is 4.81. The quantitative estimate of drug-likeness (QED) is 0.407. The Hall–Kier alpha value is -1.23. The van der Waals surface area contributed by atoms with Crippen molar-refractivity contribution in [1.29, 1.82) is 0 Å². The first-order valence-electron chi connectivity index (χ1n) is 3.28. The molecule has 1 aromatic rings. The van der Waals surface area contributed by atoms with Gasteiger partial charge in [0, 0.05) is 6.07 Å². The maximum Gasteiger partial charge on any atom is 0.524 e. The molecule has 0 heterocycles. The fourth-order valence-corrected chi connectivity index (χ4v) is 1.14. The molecule has 1 rings (SSSR count). The summed E-state index contributed by atoms with van der Waals surface area (Å²) in [4.78, 5) is 16.9. The zero-order valence-corrected chi connectivity index (χ0v) is 7.44. The molecule has 0 atom stereocenters. The van der Waals surface area contributed by atoms with Gasteiger partial charge in [-0.3, -0.25) is 9.79 Å². The van der Waals surface area contributed by atoms with E-state index in [1.165, 1.54) is 18.2 Å². The van der Waals surface area contributed by atoms with Crippen LogP contribution in [-0.2, 0) is 4.57 Å². The lowest BCUT2D eigenvalue weighted by molar-refractivity contribution is 0.283. The van der Waals surface area contributed by atoms with E-state index >= 15 is 0 Å². The Bertz CT molecular complexity index is 362. The summed E-state index contributed by atoms with van der Waals surface area (Å²) in [6, 6.07) is 3.97. The van der Waals surface area contributed by atoms with Gasteiger partial charge in [-0.25, -0.2) is 4.57 Å². The normalized spacial score (nSPS) is 11.2. The number of benzene rings is 1. The highest BCUT2D eigenvalue weighted by Crippen LogP contribution is 2.38. The van der Waals surface area contributed by atoms with Gasteiger partial charge in [0.15, 0.2) is 0 Å². The topological polar surface area (TPSA) is 119 Å². The Kier molecular flexibility index (Phi) is 2.47. The van der Waals surface area contributed by atoms with Crippen molar-refractivity contribution in [1.82, 2.24) is 0 Å². The van der Waals surface area contributed by atoms with E-state index in [4.69, 9.17) is 21.3 Å². The minimum Gasteiger partial charge on any atom is -0.404 e. The summed E-state index contributed by atoms with van der Waals surface area (Å²) in [5.74, 6) is -0.0139. The molecule has 13 heavy (non-hydrogen) atoms. The molecule has 6 nitrogen and oxygen atoms in total. The second-order valence-electron chi connectivity index (χ2n) is 2.37. The molecule has 0 amide bonds. The maximum absolute atomic E-state index is 10.4. The van der Waals surface area contributed by atoms with Crippen LogP contribution < -0.4 is 16.0 Å². The van der Waals surface area contributed by atoms with Crippen molar-refractivity contribution in [3.63, 3.8) is 0 Å². The predicted molar refractivity (Wildman–Crippen MR) is 47.9 cm³/mol. The number of nitrogens with two attached hydrogens (primary N) is 2. The first kappa shape index (κ1) is 9.85. The Morgan fingerprint density at radius 2 is 1.85 bits per heavy atom. The second kappa shape index (κ2) is 3.26. The molecule has 0 saturated heterocycles. The summed E-state index contributed by atoms with van der Waals surface area (Å²) in [5.41, 5.74) is 11.3. The van der Waals surface area contributed by atoms with Crippen LogP contribution in [0.25, 0.3) is 0 Å². The van der Waals surface area contributed by atoms with Gasteiger partial charge in [0.25, 0.3) is 0 Å². The molecule has 0 fully saturated rings. The highest BCUT2D eigenvalue weighted by atomic mass is 31.2. The smallest absolute Gasteiger partial charge is 0.404 e. The molecule has 0 aliphatic rings. The highest BCUT2D eigenvalue weighted by molar-refractivity contribution is 7.46. The van der Waals surface area contributed by atoms with Crippen LogP contribution in [0.2, 0.25) is 0 Å². The zero-order valence-electron chi connectivity index (χ0n) is 6.54. The average molecular weight is 204 g/mol. The summed E-state index contributed by atoms with van der Waals surface area (Å²) in [6.45, 7) is 0. The van der Waals surface area contributed by atoms with Crippen LogP contribution in [0.3, 0.4) is 0 Å². The monoisotopic (exact) mass is 204 g/mol. The molecule has 6 N–H and O–H groups in total. The number of hydrogen-bond acceptors (Lipinski definition) is 4. The van der Waals surface area contributed by atoms with Gasteiger partial charge in [0.1, 0.15) is 5.75 Å². The fourth-order valence-electron chi connectivity index (χ4n) is 0.747. The van der Waals surface area contributed by atoms with Gasteiger partial charge in [0.2, 0.25) is 0 Å². The molecule has 1 aromatic carbocycles. The predicted octanol–water partition coefficient (Wildman–Crippen LogP) is 0.323. The van der Waals surface area contributed by atoms with Gasteiger partial charge in [-0.05, 0) is 12.1 Å². The third kappa shape index (κ3) is 2.95. The number of anilines is 2. The fraction of sp³-hybridized carbons (Fsp3) is 0. The summed E-state index contributed by atoms with van der Waals surface area (Å²) in [5, 5.41) is 0. The molecular weight excluding hydrogens is 195 g/mol. The molecule has 0 aliphatic heterocycles. The van der Waals surface area contributed by atoms with E-state index in [0.717, 1.165) is 0 Å². The third-order valence-corrected chi connectivity index (χ3v) is 1.73.